The van der Waals surface area contributed by atoms with Crippen LogP contribution in [0, 0.1) is 26.1 Å². The Labute approximate surface area is 49.0 Å². The van der Waals surface area contributed by atoms with Gasteiger partial charge in [-0.1, -0.05) is 0 Å². The summed E-state index contributed by atoms with van der Waals surface area (Å²) in [5.41, 5.74) is 0. The normalized spacial score (nSPS) is 15.1. The van der Waals surface area contributed by atoms with Gasteiger partial charge in [0.05, 0.1) is 0 Å². The quantitative estimate of drug-likeness (QED) is 0.649. The van der Waals surface area contributed by atoms with Gasteiger partial charge in [-0.25, -0.2) is 0 Å². The first kappa shape index (κ1) is 11.5. The molecule has 0 amide bonds. The van der Waals surface area contributed by atoms with Crippen molar-refractivity contribution in [2.75, 3.05) is 7.11 Å². The van der Waals surface area contributed by atoms with Gasteiger partial charge < -0.3 is 5.11 Å². The van der Waals surface area contributed by atoms with Crippen LogP contribution in [-0.2, 0) is 0 Å². The molecule has 1 nitrogen and oxygen atoms in total. The Morgan fingerprint density at radius 2 is 0.875 bits per heavy atom. The van der Waals surface area contributed by atoms with Crippen LogP contribution in [0.2, 0.25) is 0 Å². The molecular weight excluding hydrogens is 361 g/mol. The minimum atomic E-state index is -9.40. The predicted octanol–water partition coefficient (Wildman–Crippen LogP) is 1.71. The van der Waals surface area contributed by atoms with Crippen LogP contribution in [-0.4, -0.2) is 12.2 Å². The fraction of sp³-hybridized carbons (Fsp3) is 1.00. The molecule has 0 aliphatic carbocycles. The first-order chi connectivity index (χ1) is 3.24. The van der Waals surface area contributed by atoms with Gasteiger partial charge in [-0.2, -0.15) is 0 Å². The molecule has 0 unspecified atom stereocenters. The van der Waals surface area contributed by atoms with Crippen molar-refractivity contribution in [2.45, 2.75) is 0 Å². The zero-order valence-electron chi connectivity index (χ0n) is 3.84. The summed E-state index contributed by atoms with van der Waals surface area (Å²) in [6.45, 7) is 0. The van der Waals surface area contributed by atoms with Crippen molar-refractivity contribution in [3.05, 3.63) is 0 Å². The maximum atomic E-state index is 9.93. The standard InChI is InChI=1S/CH4O.5FH.U/c1-2;;;;;;/h2H,1H3;5*1H;/q;;;;;;+5/p-5. The van der Waals surface area contributed by atoms with Gasteiger partial charge in [0, 0.05) is 7.11 Å². The number of hydrogen-bond donors (Lipinski definition) is 1. The summed E-state index contributed by atoms with van der Waals surface area (Å²) in [6.07, 6.45) is 0. The van der Waals surface area contributed by atoms with Crippen LogP contribution in [0.4, 0.5) is 10.5 Å². The molecule has 0 saturated heterocycles. The zero-order chi connectivity index (χ0) is 7.45. The molecule has 0 radical (unpaired) electrons. The summed E-state index contributed by atoms with van der Waals surface area (Å²) in [6, 6.07) is 0. The molecule has 7 heteroatoms. The van der Waals surface area contributed by atoms with E-state index in [2.05, 4.69) is 0 Å². The average molecular weight is 365 g/mol. The van der Waals surface area contributed by atoms with Crippen molar-refractivity contribution in [1.82, 2.24) is 0 Å². The van der Waals surface area contributed by atoms with Crippen molar-refractivity contribution >= 4 is 0 Å². The molecule has 0 bridgehead atoms. The van der Waals surface area contributed by atoms with Crippen molar-refractivity contribution < 1.29 is 41.7 Å². The van der Waals surface area contributed by atoms with Gasteiger partial charge in [0.15, 0.2) is 0 Å². The summed E-state index contributed by atoms with van der Waals surface area (Å²) in [7, 11) is 1.00. The third-order valence-electron chi connectivity index (χ3n) is 0. The van der Waals surface area contributed by atoms with Crippen LogP contribution < -0.4 is 0 Å². The number of hydrogen-bond acceptors (Lipinski definition) is 1. The van der Waals surface area contributed by atoms with Crippen molar-refractivity contribution in [3.63, 3.8) is 0 Å². The molecule has 1 N–H and O–H groups in total. The molecule has 0 aliphatic heterocycles. The van der Waals surface area contributed by atoms with E-state index in [1.807, 2.05) is 0 Å². The Balaban J connectivity index is 0. The molecule has 8 heavy (non-hydrogen) atoms. The SMILES string of the molecule is CO.[F][U]([F])([F])([F])[F]. The summed E-state index contributed by atoms with van der Waals surface area (Å²) < 4.78 is 49.7. The van der Waals surface area contributed by atoms with E-state index in [9.17, 15) is 10.5 Å². The van der Waals surface area contributed by atoms with Crippen molar-refractivity contribution in [3.8, 4) is 0 Å². The van der Waals surface area contributed by atoms with Crippen LogP contribution in [0.25, 0.3) is 0 Å². The summed E-state index contributed by atoms with van der Waals surface area (Å²) in [5.74, 6) is 0. The Bertz CT molecular complexity index is 45.6. The Hall–Kier alpha value is 0.662. The van der Waals surface area contributed by atoms with Crippen LogP contribution >= 0.6 is 0 Å². The first-order valence-electron chi connectivity index (χ1n) is 1.39. The molecule has 0 rings (SSSR count). The van der Waals surface area contributed by atoms with Gasteiger partial charge in [0.2, 0.25) is 0 Å². The van der Waals surface area contributed by atoms with E-state index in [-0.39, 0.29) is 0 Å². The fourth-order valence-electron chi connectivity index (χ4n) is 0. The van der Waals surface area contributed by atoms with E-state index in [0.717, 1.165) is 7.11 Å². The number of halogens is 5. The second kappa shape index (κ2) is 2.99. The molecule has 0 aliphatic rings. The molecule has 0 heterocycles. The van der Waals surface area contributed by atoms with Crippen LogP contribution in [0.5, 0.6) is 0 Å². The monoisotopic (exact) mass is 365 g/mol. The fourth-order valence-corrected chi connectivity index (χ4v) is 0. The zero-order valence-corrected chi connectivity index (χ0v) is 8.00. The summed E-state index contributed by atoms with van der Waals surface area (Å²) >= 11 is -9.40. The molecule has 0 aromatic carbocycles. The van der Waals surface area contributed by atoms with E-state index in [1.54, 1.807) is 0 Å². The van der Waals surface area contributed by atoms with Crippen LogP contribution in [0.1, 0.15) is 0 Å². The van der Waals surface area contributed by atoms with Gasteiger partial charge >= 0.3 is 36.6 Å². The summed E-state index contributed by atoms with van der Waals surface area (Å²) in [5, 5.41) is 7.00. The number of aliphatic hydroxyl groups is 1. The van der Waals surface area contributed by atoms with Crippen molar-refractivity contribution in [1.29, 1.82) is 0 Å². The van der Waals surface area contributed by atoms with Crippen LogP contribution in [0.3, 0.4) is 0 Å². The third-order valence-corrected chi connectivity index (χ3v) is 0. The minimum absolute atomic E-state index is 1.00. The second-order valence-corrected chi connectivity index (χ2v) is 6.66. The first-order valence-corrected chi connectivity index (χ1v) is 9.26. The van der Waals surface area contributed by atoms with E-state index in [4.69, 9.17) is 5.11 Å². The van der Waals surface area contributed by atoms with Gasteiger partial charge in [-0.15, -0.1) is 0 Å². The molecule has 0 aromatic heterocycles. The predicted molar refractivity (Wildman–Crippen MR) is 13.7 cm³/mol. The van der Waals surface area contributed by atoms with Gasteiger partial charge in [-0.3, -0.25) is 0 Å². The van der Waals surface area contributed by atoms with E-state index in [1.165, 1.54) is 0 Å². The average Bonchev–Trinajstić information content (AvgIpc) is 1.33. The maximum absolute atomic E-state index is 9.93. The number of rotatable bonds is 0. The molecular formula is CH4F5OU. The molecule has 0 atom stereocenters. The van der Waals surface area contributed by atoms with Gasteiger partial charge in [0.25, 0.3) is 0 Å². The van der Waals surface area contributed by atoms with Crippen molar-refractivity contribution in [2.24, 2.45) is 0 Å². The number of aliphatic hydroxyl groups excluding tert-OH is 1. The third kappa shape index (κ3) is 487. The van der Waals surface area contributed by atoms with Crippen LogP contribution in [0.15, 0.2) is 0 Å². The Kier molecular flexibility index (Phi) is 4.28. The molecule has 53 valence electrons. The van der Waals surface area contributed by atoms with E-state index < -0.39 is 26.1 Å². The molecule has 0 aromatic rings. The Morgan fingerprint density at radius 1 is 0.875 bits per heavy atom. The van der Waals surface area contributed by atoms with E-state index in [0.29, 0.717) is 0 Å². The van der Waals surface area contributed by atoms with Gasteiger partial charge in [-0.05, 0) is 0 Å². The Morgan fingerprint density at radius 3 is 0.875 bits per heavy atom. The molecule has 0 spiro atoms. The second-order valence-electron chi connectivity index (χ2n) is 0.714. The molecule has 0 saturated carbocycles. The summed E-state index contributed by atoms with van der Waals surface area (Å²) in [4.78, 5) is 0. The molecule has 0 fully saturated rings. The van der Waals surface area contributed by atoms with Gasteiger partial charge in [0.1, 0.15) is 0 Å². The van der Waals surface area contributed by atoms with E-state index >= 15 is 0 Å². The topological polar surface area (TPSA) is 20.2 Å².